The molecule has 0 saturated carbocycles. The van der Waals surface area contributed by atoms with Crippen LogP contribution < -0.4 is 0 Å². The Hall–Kier alpha value is -2.57. The summed E-state index contributed by atoms with van der Waals surface area (Å²) in [7, 11) is 0. The van der Waals surface area contributed by atoms with Gasteiger partial charge in [-0.1, -0.05) is 12.1 Å². The average Bonchev–Trinajstić information content (AvgIpc) is 3.30. The summed E-state index contributed by atoms with van der Waals surface area (Å²) in [4.78, 5) is 28.7. The first-order chi connectivity index (χ1) is 12.6. The minimum absolute atomic E-state index is 0.0200. The Morgan fingerprint density at radius 1 is 1.27 bits per heavy atom. The average molecular weight is 357 g/mol. The second-order valence-corrected chi connectivity index (χ2v) is 7.37. The monoisotopic (exact) mass is 357 g/mol. The SMILES string of the molecule is CCc1cc(CC(=O)N2CC3(CCCN(C(=O)c4ccco4)C3)C2)on1. The largest absolute Gasteiger partial charge is 0.459 e. The molecular weight excluding hydrogens is 334 g/mol. The molecule has 0 radical (unpaired) electrons. The third kappa shape index (κ3) is 3.13. The number of piperidine rings is 1. The van der Waals surface area contributed by atoms with E-state index in [-0.39, 0.29) is 23.7 Å². The number of hydrogen-bond donors (Lipinski definition) is 0. The Balaban J connectivity index is 1.33. The summed E-state index contributed by atoms with van der Waals surface area (Å²) in [5, 5.41) is 3.93. The smallest absolute Gasteiger partial charge is 0.289 e. The van der Waals surface area contributed by atoms with E-state index in [2.05, 4.69) is 5.16 Å². The highest BCUT2D eigenvalue weighted by Gasteiger charge is 2.48. The molecule has 7 heteroatoms. The van der Waals surface area contributed by atoms with Gasteiger partial charge in [-0.15, -0.1) is 0 Å². The number of hydrogen-bond acceptors (Lipinski definition) is 5. The molecule has 7 nitrogen and oxygen atoms in total. The molecule has 2 amide bonds. The Bertz CT molecular complexity index is 790. The van der Waals surface area contributed by atoms with E-state index in [0.29, 0.717) is 31.2 Å². The summed E-state index contributed by atoms with van der Waals surface area (Å²) in [6.45, 7) is 4.82. The van der Waals surface area contributed by atoms with E-state index in [0.717, 1.165) is 31.5 Å². The molecule has 2 aliphatic heterocycles. The molecule has 2 aromatic rings. The van der Waals surface area contributed by atoms with Gasteiger partial charge in [0.25, 0.3) is 5.91 Å². The summed E-state index contributed by atoms with van der Waals surface area (Å²) in [6, 6.07) is 5.27. The van der Waals surface area contributed by atoms with E-state index in [1.54, 1.807) is 12.1 Å². The standard InChI is InChI=1S/C19H23N3O4/c1-2-14-9-15(26-20-14)10-17(23)22-12-19(13-22)6-4-7-21(11-19)18(24)16-5-3-8-25-16/h3,5,8-9H,2,4,6-7,10-13H2,1H3. The van der Waals surface area contributed by atoms with Gasteiger partial charge in [-0.25, -0.2) is 0 Å². The highest BCUT2D eigenvalue weighted by Crippen LogP contribution is 2.39. The lowest BCUT2D eigenvalue weighted by Gasteiger charge is -2.54. The van der Waals surface area contributed by atoms with Crippen LogP contribution in [0.2, 0.25) is 0 Å². The van der Waals surface area contributed by atoms with E-state index in [4.69, 9.17) is 8.94 Å². The summed E-state index contributed by atoms with van der Waals surface area (Å²) in [5.74, 6) is 0.994. The number of nitrogens with zero attached hydrogens (tertiary/aromatic N) is 3. The maximum atomic E-state index is 12.5. The van der Waals surface area contributed by atoms with Gasteiger partial charge in [0.05, 0.1) is 18.4 Å². The van der Waals surface area contributed by atoms with Gasteiger partial charge in [0.1, 0.15) is 5.76 Å². The highest BCUT2D eigenvalue weighted by molar-refractivity contribution is 5.91. The van der Waals surface area contributed by atoms with Crippen molar-refractivity contribution in [2.75, 3.05) is 26.2 Å². The van der Waals surface area contributed by atoms with Gasteiger partial charge in [0.15, 0.2) is 5.76 Å². The molecule has 2 fully saturated rings. The summed E-state index contributed by atoms with van der Waals surface area (Å²) < 4.78 is 10.4. The Kier molecular flexibility index (Phi) is 4.30. The maximum absolute atomic E-state index is 12.5. The van der Waals surface area contributed by atoms with E-state index >= 15 is 0 Å². The van der Waals surface area contributed by atoms with E-state index in [1.165, 1.54) is 6.26 Å². The first-order valence-electron chi connectivity index (χ1n) is 9.14. The number of aryl methyl sites for hydroxylation is 1. The number of likely N-dealkylation sites (tertiary alicyclic amines) is 2. The van der Waals surface area contributed by atoms with Crippen molar-refractivity contribution >= 4 is 11.8 Å². The lowest BCUT2D eigenvalue weighted by atomic mass is 9.73. The molecule has 138 valence electrons. The Morgan fingerprint density at radius 3 is 2.77 bits per heavy atom. The van der Waals surface area contributed by atoms with Crippen LogP contribution in [0.25, 0.3) is 0 Å². The summed E-state index contributed by atoms with van der Waals surface area (Å²) >= 11 is 0. The molecular formula is C19H23N3O4. The molecule has 0 aromatic carbocycles. The molecule has 0 atom stereocenters. The van der Waals surface area contributed by atoms with Gasteiger partial charge in [-0.05, 0) is 31.4 Å². The fraction of sp³-hybridized carbons (Fsp3) is 0.526. The molecule has 0 aliphatic carbocycles. The van der Waals surface area contributed by atoms with Crippen LogP contribution in [0.3, 0.4) is 0 Å². The maximum Gasteiger partial charge on any atom is 0.289 e. The molecule has 4 heterocycles. The molecule has 0 bridgehead atoms. The number of aromatic nitrogens is 1. The van der Waals surface area contributed by atoms with E-state index in [1.807, 2.05) is 22.8 Å². The lowest BCUT2D eigenvalue weighted by Crippen LogP contribution is -2.65. The number of furan rings is 1. The lowest BCUT2D eigenvalue weighted by molar-refractivity contribution is -0.146. The van der Waals surface area contributed by atoms with Crippen molar-refractivity contribution in [2.24, 2.45) is 5.41 Å². The molecule has 0 N–H and O–H groups in total. The van der Waals surface area contributed by atoms with E-state index < -0.39 is 0 Å². The summed E-state index contributed by atoms with van der Waals surface area (Å²) in [5.41, 5.74) is 0.888. The molecule has 4 rings (SSSR count). The fourth-order valence-electron chi connectivity index (χ4n) is 4.00. The number of rotatable bonds is 4. The zero-order valence-corrected chi connectivity index (χ0v) is 14.9. The van der Waals surface area contributed by atoms with E-state index in [9.17, 15) is 9.59 Å². The molecule has 2 aliphatic rings. The predicted molar refractivity (Wildman–Crippen MR) is 92.4 cm³/mol. The molecule has 2 aromatic heterocycles. The van der Waals surface area contributed by atoms with Gasteiger partial charge in [0, 0.05) is 37.7 Å². The molecule has 26 heavy (non-hydrogen) atoms. The second-order valence-electron chi connectivity index (χ2n) is 7.37. The normalized spacial score (nSPS) is 18.8. The van der Waals surface area contributed by atoms with Gasteiger partial charge < -0.3 is 18.7 Å². The van der Waals surface area contributed by atoms with Crippen molar-refractivity contribution < 1.29 is 18.5 Å². The Labute approximate surface area is 151 Å². The summed E-state index contributed by atoms with van der Waals surface area (Å²) in [6.07, 6.45) is 4.56. The quantitative estimate of drug-likeness (QED) is 0.837. The van der Waals surface area contributed by atoms with Crippen LogP contribution in [-0.4, -0.2) is 52.9 Å². The fourth-order valence-corrected chi connectivity index (χ4v) is 4.00. The van der Waals surface area contributed by atoms with Crippen molar-refractivity contribution in [3.8, 4) is 0 Å². The first kappa shape index (κ1) is 16.9. The van der Waals surface area contributed by atoms with Crippen molar-refractivity contribution in [3.63, 3.8) is 0 Å². The van der Waals surface area contributed by atoms with Crippen LogP contribution in [0.5, 0.6) is 0 Å². The van der Waals surface area contributed by atoms with Crippen molar-refractivity contribution in [1.82, 2.24) is 15.0 Å². The first-order valence-corrected chi connectivity index (χ1v) is 9.14. The zero-order valence-electron chi connectivity index (χ0n) is 14.9. The minimum Gasteiger partial charge on any atom is -0.459 e. The van der Waals surface area contributed by atoms with Crippen LogP contribution in [0, 0.1) is 5.41 Å². The van der Waals surface area contributed by atoms with Crippen LogP contribution in [0.15, 0.2) is 33.4 Å². The topological polar surface area (TPSA) is 79.8 Å². The molecule has 0 unspecified atom stereocenters. The number of carbonyl (C=O) groups excluding carboxylic acids is 2. The second kappa shape index (κ2) is 6.63. The number of carbonyl (C=O) groups is 2. The van der Waals surface area contributed by atoms with Gasteiger partial charge in [-0.3, -0.25) is 9.59 Å². The number of amides is 2. The minimum atomic E-state index is -0.0624. The van der Waals surface area contributed by atoms with Gasteiger partial charge in [-0.2, -0.15) is 0 Å². The zero-order chi connectivity index (χ0) is 18.1. The third-order valence-corrected chi connectivity index (χ3v) is 5.38. The Morgan fingerprint density at radius 2 is 2.08 bits per heavy atom. The van der Waals surface area contributed by atoms with Crippen LogP contribution in [0.4, 0.5) is 0 Å². The third-order valence-electron chi connectivity index (χ3n) is 5.38. The van der Waals surface area contributed by atoms with Crippen LogP contribution in [0.1, 0.15) is 41.8 Å². The molecule has 2 saturated heterocycles. The predicted octanol–water partition coefficient (Wildman–Crippen LogP) is 2.14. The van der Waals surface area contributed by atoms with Gasteiger partial charge in [0.2, 0.25) is 5.91 Å². The molecule has 1 spiro atoms. The van der Waals surface area contributed by atoms with Crippen molar-refractivity contribution in [3.05, 3.63) is 41.7 Å². The highest BCUT2D eigenvalue weighted by atomic mass is 16.5. The van der Waals surface area contributed by atoms with Crippen LogP contribution in [-0.2, 0) is 17.6 Å². The van der Waals surface area contributed by atoms with Crippen molar-refractivity contribution in [2.45, 2.75) is 32.6 Å². The van der Waals surface area contributed by atoms with Crippen LogP contribution >= 0.6 is 0 Å². The van der Waals surface area contributed by atoms with Gasteiger partial charge >= 0.3 is 0 Å². The van der Waals surface area contributed by atoms with Crippen molar-refractivity contribution in [1.29, 1.82) is 0 Å².